The van der Waals surface area contributed by atoms with Crippen molar-refractivity contribution >= 4 is 49.4 Å². The average Bonchev–Trinajstić information content (AvgIpc) is 2.02. The van der Waals surface area contributed by atoms with E-state index >= 15 is 0 Å². The van der Waals surface area contributed by atoms with Gasteiger partial charge in [0.2, 0.25) is 0 Å². The van der Waals surface area contributed by atoms with Gasteiger partial charge in [-0.3, -0.25) is 0 Å². The maximum atomic E-state index is 4.45. The molecule has 0 saturated heterocycles. The summed E-state index contributed by atoms with van der Waals surface area (Å²) in [5.74, 6) is 0. The first-order valence-electron chi connectivity index (χ1n) is 3.89. The van der Waals surface area contributed by atoms with Gasteiger partial charge in [-0.2, -0.15) is 0 Å². The highest BCUT2D eigenvalue weighted by atomic mass is 127. The van der Waals surface area contributed by atoms with Crippen LogP contribution in [0.1, 0.15) is 5.56 Å². The van der Waals surface area contributed by atoms with Gasteiger partial charge in [-0.05, 0) is 59.3 Å². The number of benzene rings is 1. The minimum absolute atomic E-state index is 1.03. The van der Waals surface area contributed by atoms with Crippen LogP contribution < -0.4 is 0 Å². The molecule has 2 aromatic rings. The molecule has 1 nitrogen and oxygen atoms in total. The molecule has 1 aromatic heterocycles. The fraction of sp³-hybridized carbons (Fsp3) is 0.100. The first kappa shape index (κ1) is 9.40. The molecule has 0 aliphatic carbocycles. The molecule has 0 saturated carbocycles. The molecule has 3 heteroatoms. The Morgan fingerprint density at radius 2 is 2.08 bits per heavy atom. The van der Waals surface area contributed by atoms with Crippen molar-refractivity contribution in [1.29, 1.82) is 0 Å². The van der Waals surface area contributed by atoms with E-state index in [0.717, 1.165) is 13.7 Å². The van der Waals surface area contributed by atoms with Crippen molar-refractivity contribution in [3.8, 4) is 0 Å². The zero-order valence-electron chi connectivity index (χ0n) is 7.01. The quantitative estimate of drug-likeness (QED) is 0.520. The standard InChI is InChI=1S/C10H7BrIN/c1-6-4-7(11)5-9-8(6)2-3-10(12)13-9/h2-5H,1H3. The van der Waals surface area contributed by atoms with Crippen molar-refractivity contribution in [2.75, 3.05) is 0 Å². The molecule has 0 aliphatic rings. The fourth-order valence-electron chi connectivity index (χ4n) is 1.35. The van der Waals surface area contributed by atoms with Crippen LogP contribution in [0.4, 0.5) is 0 Å². The third-order valence-electron chi connectivity index (χ3n) is 1.94. The highest BCUT2D eigenvalue weighted by Crippen LogP contribution is 2.22. The van der Waals surface area contributed by atoms with E-state index in [4.69, 9.17) is 0 Å². The van der Waals surface area contributed by atoms with Crippen molar-refractivity contribution in [2.45, 2.75) is 6.92 Å². The van der Waals surface area contributed by atoms with Crippen LogP contribution in [-0.2, 0) is 0 Å². The Morgan fingerprint density at radius 1 is 1.31 bits per heavy atom. The average molecular weight is 348 g/mol. The Morgan fingerprint density at radius 3 is 2.85 bits per heavy atom. The molecular formula is C10H7BrIN. The number of fused-ring (bicyclic) bond motifs is 1. The molecule has 1 heterocycles. The monoisotopic (exact) mass is 347 g/mol. The first-order chi connectivity index (χ1) is 6.16. The zero-order valence-corrected chi connectivity index (χ0v) is 10.8. The van der Waals surface area contributed by atoms with Gasteiger partial charge in [0.05, 0.1) is 5.52 Å². The minimum atomic E-state index is 1.03. The second-order valence-corrected chi connectivity index (χ2v) is 4.94. The van der Waals surface area contributed by atoms with Gasteiger partial charge in [0.15, 0.2) is 0 Å². The summed E-state index contributed by atoms with van der Waals surface area (Å²) in [6.07, 6.45) is 0. The molecule has 0 spiro atoms. The second kappa shape index (κ2) is 3.53. The highest BCUT2D eigenvalue weighted by Gasteiger charge is 2.00. The van der Waals surface area contributed by atoms with Crippen molar-refractivity contribution in [1.82, 2.24) is 4.98 Å². The summed E-state index contributed by atoms with van der Waals surface area (Å²) >= 11 is 5.69. The Hall–Kier alpha value is -0.160. The van der Waals surface area contributed by atoms with Crippen molar-refractivity contribution in [3.05, 3.63) is 38.0 Å². The van der Waals surface area contributed by atoms with E-state index in [1.54, 1.807) is 0 Å². The van der Waals surface area contributed by atoms with Gasteiger partial charge in [-0.1, -0.05) is 15.9 Å². The van der Waals surface area contributed by atoms with Crippen LogP contribution in [0.15, 0.2) is 28.7 Å². The molecule has 66 valence electrons. The van der Waals surface area contributed by atoms with Gasteiger partial charge in [0.1, 0.15) is 3.70 Å². The Kier molecular flexibility index (Phi) is 2.55. The third-order valence-corrected chi connectivity index (χ3v) is 3.00. The molecule has 0 radical (unpaired) electrons. The van der Waals surface area contributed by atoms with Gasteiger partial charge in [-0.25, -0.2) is 4.98 Å². The maximum Gasteiger partial charge on any atom is 0.102 e. The van der Waals surface area contributed by atoms with Crippen LogP contribution in [0.5, 0.6) is 0 Å². The minimum Gasteiger partial charge on any atom is -0.242 e. The summed E-state index contributed by atoms with van der Waals surface area (Å²) in [6, 6.07) is 8.30. The van der Waals surface area contributed by atoms with Crippen molar-refractivity contribution in [3.63, 3.8) is 0 Å². The van der Waals surface area contributed by atoms with E-state index in [1.807, 2.05) is 12.1 Å². The summed E-state index contributed by atoms with van der Waals surface area (Å²) in [6.45, 7) is 2.10. The van der Waals surface area contributed by atoms with E-state index in [2.05, 4.69) is 62.6 Å². The Bertz CT molecular complexity index is 462. The lowest BCUT2D eigenvalue weighted by Crippen LogP contribution is -1.85. The van der Waals surface area contributed by atoms with E-state index in [9.17, 15) is 0 Å². The van der Waals surface area contributed by atoms with Crippen LogP contribution >= 0.6 is 38.5 Å². The van der Waals surface area contributed by atoms with Gasteiger partial charge in [-0.15, -0.1) is 0 Å². The topological polar surface area (TPSA) is 12.9 Å². The van der Waals surface area contributed by atoms with Crippen molar-refractivity contribution in [2.24, 2.45) is 0 Å². The molecule has 0 amide bonds. The molecule has 2 rings (SSSR count). The van der Waals surface area contributed by atoms with Gasteiger partial charge in [0, 0.05) is 9.86 Å². The van der Waals surface area contributed by atoms with Crippen LogP contribution in [0.25, 0.3) is 10.9 Å². The van der Waals surface area contributed by atoms with Crippen LogP contribution in [0, 0.1) is 10.6 Å². The maximum absolute atomic E-state index is 4.45. The summed E-state index contributed by atoms with van der Waals surface area (Å²) in [5.41, 5.74) is 2.31. The zero-order chi connectivity index (χ0) is 9.42. The van der Waals surface area contributed by atoms with Gasteiger partial charge >= 0.3 is 0 Å². The Labute approximate surface area is 98.8 Å². The van der Waals surface area contributed by atoms with E-state index < -0.39 is 0 Å². The molecule has 13 heavy (non-hydrogen) atoms. The lowest BCUT2D eigenvalue weighted by atomic mass is 10.1. The van der Waals surface area contributed by atoms with E-state index in [1.165, 1.54) is 10.9 Å². The Balaban J connectivity index is 2.86. The van der Waals surface area contributed by atoms with E-state index in [0.29, 0.717) is 0 Å². The summed E-state index contributed by atoms with van der Waals surface area (Å²) in [7, 11) is 0. The lowest BCUT2D eigenvalue weighted by Gasteiger charge is -2.02. The predicted octanol–water partition coefficient (Wildman–Crippen LogP) is 3.91. The van der Waals surface area contributed by atoms with Crippen LogP contribution in [-0.4, -0.2) is 4.98 Å². The number of hydrogen-bond acceptors (Lipinski definition) is 1. The lowest BCUT2D eigenvalue weighted by molar-refractivity contribution is 1.33. The van der Waals surface area contributed by atoms with Crippen LogP contribution in [0.2, 0.25) is 0 Å². The summed E-state index contributed by atoms with van der Waals surface area (Å²) < 4.78 is 2.12. The number of pyridine rings is 1. The molecule has 1 aromatic carbocycles. The first-order valence-corrected chi connectivity index (χ1v) is 5.76. The number of aromatic nitrogens is 1. The van der Waals surface area contributed by atoms with Gasteiger partial charge in [0.25, 0.3) is 0 Å². The highest BCUT2D eigenvalue weighted by molar-refractivity contribution is 14.1. The number of halogens is 2. The number of rotatable bonds is 0. The molecule has 0 atom stereocenters. The molecule has 0 aliphatic heterocycles. The van der Waals surface area contributed by atoms with Gasteiger partial charge < -0.3 is 0 Å². The molecule has 0 unspecified atom stereocenters. The molecule has 0 N–H and O–H groups in total. The number of aryl methyl sites for hydroxylation is 1. The largest absolute Gasteiger partial charge is 0.242 e. The molecule has 0 fully saturated rings. The molecule has 0 bridgehead atoms. The number of hydrogen-bond donors (Lipinski definition) is 0. The SMILES string of the molecule is Cc1cc(Br)cc2nc(I)ccc12. The number of nitrogens with zero attached hydrogens (tertiary/aromatic N) is 1. The van der Waals surface area contributed by atoms with E-state index in [-0.39, 0.29) is 0 Å². The third kappa shape index (κ3) is 1.86. The van der Waals surface area contributed by atoms with Crippen molar-refractivity contribution < 1.29 is 0 Å². The summed E-state index contributed by atoms with van der Waals surface area (Å²) in [4.78, 5) is 4.45. The fourth-order valence-corrected chi connectivity index (χ4v) is 2.35. The second-order valence-electron chi connectivity index (χ2n) is 2.92. The smallest absolute Gasteiger partial charge is 0.102 e. The predicted molar refractivity (Wildman–Crippen MR) is 66.9 cm³/mol. The normalized spacial score (nSPS) is 10.7. The molecular weight excluding hydrogens is 341 g/mol. The summed E-state index contributed by atoms with van der Waals surface area (Å²) in [5, 5.41) is 1.23. The van der Waals surface area contributed by atoms with Crippen LogP contribution in [0.3, 0.4) is 0 Å².